The number of rotatable bonds is 1. The Bertz CT molecular complexity index is 297. The molecule has 1 aliphatic heterocycles. The van der Waals surface area contributed by atoms with E-state index in [0.717, 1.165) is 17.1 Å². The first-order valence-corrected chi connectivity index (χ1v) is 3.88. The predicted molar refractivity (Wildman–Crippen MR) is 44.1 cm³/mol. The fourth-order valence-corrected chi connectivity index (χ4v) is 1.18. The van der Waals surface area contributed by atoms with E-state index in [1.165, 1.54) is 0 Å². The lowest BCUT2D eigenvalue weighted by Crippen LogP contribution is -1.93. The van der Waals surface area contributed by atoms with E-state index < -0.39 is 0 Å². The quantitative estimate of drug-likeness (QED) is 0.634. The van der Waals surface area contributed by atoms with Crippen LogP contribution in [-0.2, 0) is 0 Å². The van der Waals surface area contributed by atoms with Gasteiger partial charge in [0.2, 0.25) is 6.79 Å². The van der Waals surface area contributed by atoms with E-state index >= 15 is 0 Å². The lowest BCUT2D eigenvalue weighted by Gasteiger charge is -2.04. The van der Waals surface area contributed by atoms with Gasteiger partial charge in [0, 0.05) is 6.04 Å². The van der Waals surface area contributed by atoms with Gasteiger partial charge in [0.25, 0.3) is 0 Å². The number of hydrogen-bond acceptors (Lipinski definition) is 2. The minimum atomic E-state index is -0.209. The molecule has 1 N–H and O–H groups in total. The average Bonchev–Trinajstić information content (AvgIpc) is 2.49. The molecule has 0 unspecified atom stereocenters. The maximum absolute atomic E-state index is 7.49. The zero-order valence-electron chi connectivity index (χ0n) is 6.83. The molecule has 63 valence electrons. The summed E-state index contributed by atoms with van der Waals surface area (Å²) in [6, 6.07) is 5.40. The highest BCUT2D eigenvalue weighted by Crippen LogP contribution is 2.33. The van der Waals surface area contributed by atoms with E-state index in [9.17, 15) is 0 Å². The van der Waals surface area contributed by atoms with Crippen molar-refractivity contribution >= 4 is 0 Å². The van der Waals surface area contributed by atoms with Crippen LogP contribution in [0.2, 0.25) is 0 Å². The summed E-state index contributed by atoms with van der Waals surface area (Å²) in [5.41, 5.74) is 8.44. The Morgan fingerprint density at radius 2 is 2.08 bits per heavy atom. The topological polar surface area (TPSA) is 42.3 Å². The Morgan fingerprint density at radius 3 is 2.83 bits per heavy atom. The Kier molecular flexibility index (Phi) is 1.66. The maximum Gasteiger partial charge on any atom is 0.231 e. The van der Waals surface area contributed by atoms with Crippen molar-refractivity contribution in [3.8, 4) is 11.5 Å². The second-order valence-corrected chi connectivity index (χ2v) is 2.83. The third-order valence-corrected chi connectivity index (χ3v) is 1.90. The van der Waals surface area contributed by atoms with Gasteiger partial charge in [0.05, 0.1) is 0 Å². The molecule has 0 saturated heterocycles. The van der Waals surface area contributed by atoms with Crippen molar-refractivity contribution in [3.05, 3.63) is 23.8 Å². The second kappa shape index (κ2) is 2.68. The van der Waals surface area contributed by atoms with Crippen LogP contribution in [0, 0.1) is 0 Å². The molecule has 3 heteroatoms. The van der Waals surface area contributed by atoms with Crippen molar-refractivity contribution in [1.29, 1.82) is 0 Å². The van der Waals surface area contributed by atoms with E-state index in [0.29, 0.717) is 6.79 Å². The van der Waals surface area contributed by atoms with Crippen LogP contribution >= 0.6 is 0 Å². The van der Waals surface area contributed by atoms with Crippen molar-refractivity contribution in [2.75, 3.05) is 6.79 Å². The van der Waals surface area contributed by atoms with Gasteiger partial charge in [-0.05, 0) is 24.6 Å². The third kappa shape index (κ3) is 1.12. The predicted octanol–water partition coefficient (Wildman–Crippen LogP) is 1.76. The van der Waals surface area contributed by atoms with Crippen LogP contribution in [-0.4, -0.2) is 6.79 Å². The Labute approximate surface area is 71.1 Å². The first-order valence-electron chi connectivity index (χ1n) is 3.88. The molecular weight excluding hydrogens is 154 g/mol. The standard InChI is InChI=1S/C9H10NO2/c1-6(10)7-2-3-8-9(4-7)12-5-11-8/h2-4,6,10H,5H2,1H3/t6-/m0/s1. The van der Waals surface area contributed by atoms with Gasteiger partial charge in [0.15, 0.2) is 11.5 Å². The van der Waals surface area contributed by atoms with Crippen LogP contribution in [0.5, 0.6) is 11.5 Å². The van der Waals surface area contributed by atoms with E-state index in [-0.39, 0.29) is 6.04 Å². The highest BCUT2D eigenvalue weighted by atomic mass is 16.7. The molecule has 1 radical (unpaired) electrons. The van der Waals surface area contributed by atoms with E-state index in [1.54, 1.807) is 0 Å². The molecule has 3 nitrogen and oxygen atoms in total. The normalized spacial score (nSPS) is 16.2. The van der Waals surface area contributed by atoms with Crippen LogP contribution < -0.4 is 15.2 Å². The minimum absolute atomic E-state index is 0.209. The zero-order valence-corrected chi connectivity index (χ0v) is 6.83. The van der Waals surface area contributed by atoms with Gasteiger partial charge in [-0.3, -0.25) is 5.73 Å². The number of benzene rings is 1. The molecule has 1 heterocycles. The van der Waals surface area contributed by atoms with Gasteiger partial charge in [-0.15, -0.1) is 0 Å². The Morgan fingerprint density at radius 1 is 1.33 bits per heavy atom. The van der Waals surface area contributed by atoms with Crippen LogP contribution in [0.3, 0.4) is 0 Å². The molecule has 0 aliphatic carbocycles. The maximum atomic E-state index is 7.49. The number of ether oxygens (including phenoxy) is 2. The molecule has 1 aromatic carbocycles. The van der Waals surface area contributed by atoms with Gasteiger partial charge >= 0.3 is 0 Å². The molecule has 2 rings (SSSR count). The molecule has 0 fully saturated rings. The van der Waals surface area contributed by atoms with Crippen LogP contribution in [0.4, 0.5) is 0 Å². The largest absolute Gasteiger partial charge is 0.454 e. The van der Waals surface area contributed by atoms with Crippen molar-refractivity contribution in [2.45, 2.75) is 13.0 Å². The van der Waals surface area contributed by atoms with Gasteiger partial charge in [-0.2, -0.15) is 0 Å². The summed E-state index contributed by atoms with van der Waals surface area (Å²) in [6.07, 6.45) is 0. The molecule has 0 saturated carbocycles. The van der Waals surface area contributed by atoms with Gasteiger partial charge < -0.3 is 9.47 Å². The third-order valence-electron chi connectivity index (χ3n) is 1.90. The molecular formula is C9H10NO2. The molecule has 1 aliphatic rings. The molecule has 0 amide bonds. The molecule has 12 heavy (non-hydrogen) atoms. The lowest BCUT2D eigenvalue weighted by atomic mass is 10.1. The summed E-state index contributed by atoms with van der Waals surface area (Å²) >= 11 is 0. The summed E-state index contributed by atoms with van der Waals surface area (Å²) in [5, 5.41) is 0. The number of fused-ring (bicyclic) bond motifs is 1. The van der Waals surface area contributed by atoms with E-state index in [2.05, 4.69) is 0 Å². The SMILES string of the molecule is C[C@H]([NH])c1ccc2c(c1)OCO2. The van der Waals surface area contributed by atoms with Gasteiger partial charge in [-0.25, -0.2) is 0 Å². The molecule has 1 aromatic rings. The average molecular weight is 164 g/mol. The number of hydrogen-bond donors (Lipinski definition) is 0. The van der Waals surface area contributed by atoms with E-state index in [4.69, 9.17) is 15.2 Å². The van der Waals surface area contributed by atoms with Gasteiger partial charge in [-0.1, -0.05) is 6.07 Å². The highest BCUT2D eigenvalue weighted by Gasteiger charge is 2.13. The summed E-state index contributed by atoms with van der Waals surface area (Å²) in [6.45, 7) is 2.13. The molecule has 0 bridgehead atoms. The van der Waals surface area contributed by atoms with Gasteiger partial charge in [0.1, 0.15) is 0 Å². The monoisotopic (exact) mass is 164 g/mol. The molecule has 1 atom stereocenters. The van der Waals surface area contributed by atoms with E-state index in [1.807, 2.05) is 25.1 Å². The van der Waals surface area contributed by atoms with Crippen LogP contribution in [0.25, 0.3) is 0 Å². The first-order chi connectivity index (χ1) is 5.77. The summed E-state index contributed by atoms with van der Waals surface area (Å²) in [7, 11) is 0. The van der Waals surface area contributed by atoms with Crippen molar-refractivity contribution in [1.82, 2.24) is 5.73 Å². The molecule has 0 spiro atoms. The second-order valence-electron chi connectivity index (χ2n) is 2.83. The highest BCUT2D eigenvalue weighted by molar-refractivity contribution is 5.45. The minimum Gasteiger partial charge on any atom is -0.454 e. The van der Waals surface area contributed by atoms with Crippen molar-refractivity contribution < 1.29 is 9.47 Å². The summed E-state index contributed by atoms with van der Waals surface area (Å²) in [4.78, 5) is 0. The molecule has 0 aromatic heterocycles. The van der Waals surface area contributed by atoms with Crippen LogP contribution in [0.15, 0.2) is 18.2 Å². The first kappa shape index (κ1) is 7.43. The summed E-state index contributed by atoms with van der Waals surface area (Å²) in [5.74, 6) is 1.53. The fraction of sp³-hybridized carbons (Fsp3) is 0.333. The smallest absolute Gasteiger partial charge is 0.231 e. The zero-order chi connectivity index (χ0) is 8.55. The van der Waals surface area contributed by atoms with Crippen molar-refractivity contribution in [2.24, 2.45) is 0 Å². The van der Waals surface area contributed by atoms with Crippen molar-refractivity contribution in [3.63, 3.8) is 0 Å². The lowest BCUT2D eigenvalue weighted by molar-refractivity contribution is 0.174. The Hall–Kier alpha value is -1.22. The van der Waals surface area contributed by atoms with Crippen LogP contribution in [0.1, 0.15) is 18.5 Å². The Balaban J connectivity index is 2.39. The summed E-state index contributed by atoms with van der Waals surface area (Å²) < 4.78 is 10.3. The number of nitrogens with one attached hydrogen (secondary N) is 1. The fourth-order valence-electron chi connectivity index (χ4n) is 1.18.